The Kier molecular flexibility index (Phi) is 4.73. The minimum atomic E-state index is -0.151. The number of pyridine rings is 1. The Labute approximate surface area is 125 Å². The molecule has 2 aromatic rings. The van der Waals surface area contributed by atoms with Crippen LogP contribution in [0.2, 0.25) is 0 Å². The van der Waals surface area contributed by atoms with Crippen molar-refractivity contribution in [1.29, 1.82) is 0 Å². The van der Waals surface area contributed by atoms with Crippen molar-refractivity contribution in [3.8, 4) is 0 Å². The number of hydrogen-bond acceptors (Lipinski definition) is 3. The first kappa shape index (κ1) is 15.2. The Balaban J connectivity index is 2.27. The molecular weight excluding hydrogens is 264 g/mol. The van der Waals surface area contributed by atoms with Gasteiger partial charge in [-0.25, -0.2) is 4.68 Å². The maximum absolute atomic E-state index is 12.4. The van der Waals surface area contributed by atoms with Gasteiger partial charge in [-0.1, -0.05) is 13.8 Å². The summed E-state index contributed by atoms with van der Waals surface area (Å²) in [5.41, 5.74) is 2.50. The molecule has 2 heterocycles. The fourth-order valence-electron chi connectivity index (χ4n) is 2.37. The topological polar surface area (TPSA) is 59.8 Å². The molecule has 0 aliphatic rings. The van der Waals surface area contributed by atoms with Gasteiger partial charge in [0.1, 0.15) is 5.82 Å². The quantitative estimate of drug-likeness (QED) is 0.915. The van der Waals surface area contributed by atoms with Crippen LogP contribution < -0.4 is 5.32 Å². The van der Waals surface area contributed by atoms with Crippen LogP contribution in [0.25, 0.3) is 0 Å². The molecule has 0 bridgehead atoms. The predicted molar refractivity (Wildman–Crippen MR) is 83.5 cm³/mol. The van der Waals surface area contributed by atoms with Crippen molar-refractivity contribution in [2.45, 2.75) is 46.6 Å². The highest BCUT2D eigenvalue weighted by Crippen LogP contribution is 2.24. The number of amides is 1. The number of carbonyl (C=O) groups excluding carboxylic acids is 1. The lowest BCUT2D eigenvalue weighted by atomic mass is 10.1. The molecule has 2 aromatic heterocycles. The summed E-state index contributed by atoms with van der Waals surface area (Å²) < 4.78 is 1.91. The number of aromatic nitrogens is 3. The summed E-state index contributed by atoms with van der Waals surface area (Å²) in [6.45, 7) is 8.13. The van der Waals surface area contributed by atoms with Crippen LogP contribution in [-0.2, 0) is 0 Å². The molecule has 1 N–H and O–H groups in total. The second-order valence-corrected chi connectivity index (χ2v) is 5.30. The lowest BCUT2D eigenvalue weighted by molar-refractivity contribution is 0.102. The Bertz CT molecular complexity index is 629. The smallest absolute Gasteiger partial charge is 0.258 e. The van der Waals surface area contributed by atoms with E-state index in [1.807, 2.05) is 24.6 Å². The molecule has 5 heteroatoms. The van der Waals surface area contributed by atoms with Crippen molar-refractivity contribution in [3.05, 3.63) is 41.3 Å². The first-order chi connectivity index (χ1) is 10.1. The molecule has 0 spiro atoms. The predicted octanol–water partition coefficient (Wildman–Crippen LogP) is 3.51. The summed E-state index contributed by atoms with van der Waals surface area (Å²) in [7, 11) is 0. The molecule has 0 aliphatic heterocycles. The molecule has 21 heavy (non-hydrogen) atoms. The van der Waals surface area contributed by atoms with Gasteiger partial charge in [0.15, 0.2) is 0 Å². The summed E-state index contributed by atoms with van der Waals surface area (Å²) in [4.78, 5) is 16.4. The monoisotopic (exact) mass is 286 g/mol. The molecule has 0 radical (unpaired) electrons. The molecule has 0 aromatic carbocycles. The zero-order valence-corrected chi connectivity index (χ0v) is 13.1. The fourth-order valence-corrected chi connectivity index (χ4v) is 2.37. The lowest BCUT2D eigenvalue weighted by Gasteiger charge is -2.17. The third-order valence-corrected chi connectivity index (χ3v) is 3.64. The number of anilines is 1. The highest BCUT2D eigenvalue weighted by Gasteiger charge is 2.17. The number of aryl methyl sites for hydroxylation is 2. The van der Waals surface area contributed by atoms with Gasteiger partial charge >= 0.3 is 0 Å². The zero-order valence-electron chi connectivity index (χ0n) is 13.1. The minimum absolute atomic E-state index is 0.151. The van der Waals surface area contributed by atoms with Crippen LogP contribution in [0, 0.1) is 13.8 Å². The number of hydrogen-bond donors (Lipinski definition) is 1. The van der Waals surface area contributed by atoms with Crippen LogP contribution in [0.15, 0.2) is 24.7 Å². The van der Waals surface area contributed by atoms with E-state index in [0.717, 1.165) is 29.8 Å². The van der Waals surface area contributed by atoms with Gasteiger partial charge in [0.2, 0.25) is 0 Å². The van der Waals surface area contributed by atoms with E-state index < -0.39 is 0 Å². The van der Waals surface area contributed by atoms with Crippen molar-refractivity contribution in [2.24, 2.45) is 0 Å². The molecular formula is C16H22N4O. The molecule has 112 valence electrons. The number of nitrogens with zero attached hydrogens (tertiary/aromatic N) is 3. The van der Waals surface area contributed by atoms with Crippen LogP contribution in [0.4, 0.5) is 5.82 Å². The molecule has 0 unspecified atom stereocenters. The van der Waals surface area contributed by atoms with E-state index in [9.17, 15) is 4.79 Å². The highest BCUT2D eigenvalue weighted by atomic mass is 16.1. The molecule has 0 fully saturated rings. The average Bonchev–Trinajstić information content (AvgIpc) is 2.82. The van der Waals surface area contributed by atoms with Crippen LogP contribution in [0.3, 0.4) is 0 Å². The van der Waals surface area contributed by atoms with E-state index in [1.165, 1.54) is 0 Å². The van der Waals surface area contributed by atoms with Crippen LogP contribution in [-0.4, -0.2) is 20.7 Å². The first-order valence-corrected chi connectivity index (χ1v) is 7.33. The summed E-state index contributed by atoms with van der Waals surface area (Å²) in [6, 6.07) is 2.12. The van der Waals surface area contributed by atoms with E-state index in [0.29, 0.717) is 11.6 Å². The normalized spacial score (nSPS) is 10.9. The molecule has 5 nitrogen and oxygen atoms in total. The molecule has 0 aliphatic carbocycles. The maximum Gasteiger partial charge on any atom is 0.258 e. The molecule has 2 rings (SSSR count). The second kappa shape index (κ2) is 6.52. The van der Waals surface area contributed by atoms with E-state index in [1.54, 1.807) is 18.6 Å². The Hall–Kier alpha value is -2.17. The van der Waals surface area contributed by atoms with Gasteiger partial charge in [-0.15, -0.1) is 0 Å². The van der Waals surface area contributed by atoms with Gasteiger partial charge < -0.3 is 5.32 Å². The number of rotatable bonds is 5. The summed E-state index contributed by atoms with van der Waals surface area (Å²) in [6.07, 6.45) is 7.06. The fraction of sp³-hybridized carbons (Fsp3) is 0.438. The van der Waals surface area contributed by atoms with Gasteiger partial charge in [0.05, 0.1) is 17.8 Å². The largest absolute Gasteiger partial charge is 0.306 e. The second-order valence-electron chi connectivity index (χ2n) is 5.30. The van der Waals surface area contributed by atoms with Crippen molar-refractivity contribution in [3.63, 3.8) is 0 Å². The van der Waals surface area contributed by atoms with Crippen molar-refractivity contribution < 1.29 is 4.79 Å². The van der Waals surface area contributed by atoms with Crippen LogP contribution >= 0.6 is 0 Å². The minimum Gasteiger partial charge on any atom is -0.306 e. The van der Waals surface area contributed by atoms with E-state index in [-0.39, 0.29) is 5.91 Å². The zero-order chi connectivity index (χ0) is 15.4. The first-order valence-electron chi connectivity index (χ1n) is 7.33. The van der Waals surface area contributed by atoms with Gasteiger partial charge in [0.25, 0.3) is 5.91 Å². The van der Waals surface area contributed by atoms with E-state index in [4.69, 9.17) is 0 Å². The number of nitrogens with one attached hydrogen (secondary N) is 1. The van der Waals surface area contributed by atoms with E-state index in [2.05, 4.69) is 29.2 Å². The van der Waals surface area contributed by atoms with Crippen LogP contribution in [0.1, 0.15) is 54.2 Å². The Morgan fingerprint density at radius 1 is 1.24 bits per heavy atom. The van der Waals surface area contributed by atoms with Gasteiger partial charge in [-0.2, -0.15) is 5.10 Å². The Morgan fingerprint density at radius 2 is 1.95 bits per heavy atom. The average molecular weight is 286 g/mol. The number of carbonyl (C=O) groups is 1. The summed E-state index contributed by atoms with van der Waals surface area (Å²) in [5.74, 6) is 0.622. The van der Waals surface area contributed by atoms with Crippen molar-refractivity contribution >= 4 is 11.7 Å². The van der Waals surface area contributed by atoms with Gasteiger partial charge in [-0.05, 0) is 38.3 Å². The summed E-state index contributed by atoms with van der Waals surface area (Å²) in [5, 5.41) is 7.38. The molecule has 0 saturated carbocycles. The lowest BCUT2D eigenvalue weighted by Crippen LogP contribution is -2.19. The standard InChI is InChI=1S/C16H22N4O/c1-5-14(6-2)20-15(12(4)9-18-20)19-16(21)13-7-11(3)8-17-10-13/h7-10,14H,5-6H2,1-4H3,(H,19,21). The summed E-state index contributed by atoms with van der Waals surface area (Å²) >= 11 is 0. The van der Waals surface area contributed by atoms with Crippen molar-refractivity contribution in [1.82, 2.24) is 14.8 Å². The maximum atomic E-state index is 12.4. The molecule has 0 saturated heterocycles. The highest BCUT2D eigenvalue weighted by molar-refractivity contribution is 6.04. The van der Waals surface area contributed by atoms with Gasteiger partial charge in [0, 0.05) is 18.0 Å². The van der Waals surface area contributed by atoms with Crippen LogP contribution in [0.5, 0.6) is 0 Å². The SMILES string of the molecule is CCC(CC)n1ncc(C)c1NC(=O)c1cncc(C)c1. The Morgan fingerprint density at radius 3 is 2.57 bits per heavy atom. The van der Waals surface area contributed by atoms with Crippen molar-refractivity contribution in [2.75, 3.05) is 5.32 Å². The third kappa shape index (κ3) is 3.29. The third-order valence-electron chi connectivity index (χ3n) is 3.64. The van der Waals surface area contributed by atoms with Gasteiger partial charge in [-0.3, -0.25) is 9.78 Å². The van der Waals surface area contributed by atoms with E-state index >= 15 is 0 Å². The molecule has 1 amide bonds. The molecule has 0 atom stereocenters.